The maximum atomic E-state index is 2.37. The molecule has 0 bridgehead atoms. The van der Waals surface area contributed by atoms with Crippen molar-refractivity contribution in [2.75, 3.05) is 0 Å². The molecule has 0 unspecified atom stereocenters. The van der Waals surface area contributed by atoms with Crippen molar-refractivity contribution in [1.29, 1.82) is 0 Å². The Morgan fingerprint density at radius 1 is 0.333 bits per heavy atom. The van der Waals surface area contributed by atoms with Crippen LogP contribution < -0.4 is 0 Å². The molecular formula is C30H20. The third-order valence-corrected chi connectivity index (χ3v) is 6.03. The molecule has 140 valence electrons. The van der Waals surface area contributed by atoms with Gasteiger partial charge in [-0.15, -0.1) is 0 Å². The highest BCUT2D eigenvalue weighted by Crippen LogP contribution is 2.49. The van der Waals surface area contributed by atoms with Crippen LogP contribution in [0.3, 0.4) is 0 Å². The molecule has 0 heteroatoms. The van der Waals surface area contributed by atoms with Crippen LogP contribution in [0.2, 0.25) is 0 Å². The second-order valence-electron chi connectivity index (χ2n) is 7.77. The number of benzene rings is 4. The van der Waals surface area contributed by atoms with Gasteiger partial charge in [0.05, 0.1) is 0 Å². The van der Waals surface area contributed by atoms with Crippen molar-refractivity contribution in [2.24, 2.45) is 0 Å². The molecule has 0 nitrogen and oxygen atoms in total. The fourth-order valence-electron chi connectivity index (χ4n) is 4.69. The largest absolute Gasteiger partial charge is 0.0622 e. The Hall–Kier alpha value is -3.90. The molecule has 0 fully saturated rings. The molecule has 6 rings (SSSR count). The first-order chi connectivity index (χ1) is 14.9. The molecule has 0 saturated heterocycles. The summed E-state index contributed by atoms with van der Waals surface area (Å²) in [6.45, 7) is 0. The predicted octanol–water partition coefficient (Wildman–Crippen LogP) is 7.65. The van der Waals surface area contributed by atoms with E-state index in [1.54, 1.807) is 0 Å². The van der Waals surface area contributed by atoms with Gasteiger partial charge in [-0.2, -0.15) is 0 Å². The van der Waals surface area contributed by atoms with Crippen LogP contribution in [0.15, 0.2) is 127 Å². The zero-order chi connectivity index (χ0) is 19.9. The van der Waals surface area contributed by atoms with Crippen LogP contribution in [0, 0.1) is 0 Å². The zero-order valence-electron chi connectivity index (χ0n) is 16.5. The molecule has 0 amide bonds. The quantitative estimate of drug-likeness (QED) is 0.295. The molecule has 0 N–H and O–H groups in total. The molecule has 0 spiro atoms. The van der Waals surface area contributed by atoms with E-state index in [0.717, 1.165) is 0 Å². The maximum absolute atomic E-state index is 2.37. The van der Waals surface area contributed by atoms with Gasteiger partial charge in [-0.25, -0.2) is 0 Å². The van der Waals surface area contributed by atoms with E-state index in [4.69, 9.17) is 0 Å². The lowest BCUT2D eigenvalue weighted by atomic mass is 9.95. The summed E-state index contributed by atoms with van der Waals surface area (Å²) in [5.74, 6) is 0. The molecule has 0 radical (unpaired) electrons. The van der Waals surface area contributed by atoms with E-state index in [2.05, 4.69) is 121 Å². The van der Waals surface area contributed by atoms with E-state index < -0.39 is 0 Å². The average Bonchev–Trinajstić information content (AvgIpc) is 3.40. The molecule has 0 aromatic heterocycles. The van der Waals surface area contributed by atoms with Gasteiger partial charge in [0.1, 0.15) is 0 Å². The zero-order valence-corrected chi connectivity index (χ0v) is 16.5. The first kappa shape index (κ1) is 17.0. The smallest absolute Gasteiger partial charge is 0.00259 e. The molecule has 2 aliphatic rings. The molecular weight excluding hydrogens is 360 g/mol. The third-order valence-electron chi connectivity index (χ3n) is 6.03. The number of rotatable bonds is 2. The Kier molecular flexibility index (Phi) is 3.89. The summed E-state index contributed by atoms with van der Waals surface area (Å²) in [5.41, 5.74) is 13.0. The number of allylic oxidation sites excluding steroid dienone is 5. The van der Waals surface area contributed by atoms with Crippen molar-refractivity contribution >= 4 is 16.7 Å². The average molecular weight is 380 g/mol. The summed E-state index contributed by atoms with van der Waals surface area (Å²) in [6, 6.07) is 38.9. The van der Waals surface area contributed by atoms with Gasteiger partial charge in [0.25, 0.3) is 0 Å². The van der Waals surface area contributed by atoms with E-state index in [-0.39, 0.29) is 0 Å². The predicted molar refractivity (Wildman–Crippen MR) is 127 cm³/mol. The van der Waals surface area contributed by atoms with Crippen molar-refractivity contribution < 1.29 is 0 Å². The highest BCUT2D eigenvalue weighted by atomic mass is 14.3. The van der Waals surface area contributed by atoms with E-state index in [0.29, 0.717) is 0 Å². The van der Waals surface area contributed by atoms with Gasteiger partial charge < -0.3 is 0 Å². The van der Waals surface area contributed by atoms with Crippen LogP contribution in [0.25, 0.3) is 27.8 Å². The highest BCUT2D eigenvalue weighted by molar-refractivity contribution is 6.14. The molecule has 0 saturated carbocycles. The van der Waals surface area contributed by atoms with Crippen LogP contribution in [0.5, 0.6) is 0 Å². The number of fused-ring (bicyclic) bond motifs is 3. The molecule has 4 aromatic carbocycles. The second-order valence-corrected chi connectivity index (χ2v) is 7.77. The van der Waals surface area contributed by atoms with Gasteiger partial charge in [-0.05, 0) is 67.8 Å². The number of hydrogen-bond donors (Lipinski definition) is 0. The lowest BCUT2D eigenvalue weighted by Crippen LogP contribution is -1.86. The van der Waals surface area contributed by atoms with Gasteiger partial charge in [0, 0.05) is 0 Å². The summed E-state index contributed by atoms with van der Waals surface area (Å²) >= 11 is 0. The second kappa shape index (κ2) is 6.86. The Balaban J connectivity index is 1.64. The lowest BCUT2D eigenvalue weighted by Gasteiger charge is -2.08. The first-order valence-electron chi connectivity index (χ1n) is 10.4. The topological polar surface area (TPSA) is 0 Å². The summed E-state index contributed by atoms with van der Waals surface area (Å²) in [6.07, 6.45) is 4.73. The first-order valence-corrected chi connectivity index (χ1v) is 10.4. The lowest BCUT2D eigenvalue weighted by molar-refractivity contribution is 1.60. The monoisotopic (exact) mass is 380 g/mol. The van der Waals surface area contributed by atoms with Gasteiger partial charge in [0.15, 0.2) is 0 Å². The van der Waals surface area contributed by atoms with Crippen molar-refractivity contribution in [1.82, 2.24) is 0 Å². The Bertz CT molecular complexity index is 1240. The van der Waals surface area contributed by atoms with Crippen molar-refractivity contribution in [2.45, 2.75) is 0 Å². The van der Waals surface area contributed by atoms with Crippen LogP contribution in [0.4, 0.5) is 0 Å². The van der Waals surface area contributed by atoms with Crippen molar-refractivity contribution in [3.8, 4) is 11.1 Å². The molecule has 2 aliphatic carbocycles. The minimum atomic E-state index is 1.25. The Labute approximate surface area is 177 Å². The molecule has 30 heavy (non-hydrogen) atoms. The van der Waals surface area contributed by atoms with Gasteiger partial charge in [-0.1, -0.05) is 109 Å². The highest BCUT2D eigenvalue weighted by Gasteiger charge is 2.27. The normalized spacial score (nSPS) is 14.3. The van der Waals surface area contributed by atoms with Crippen LogP contribution in [-0.2, 0) is 0 Å². The Morgan fingerprint density at radius 2 is 0.700 bits per heavy atom. The standard InChI is InChI=1S/C30H20/c1-3-11-21(12-4-1)28-19-23(20-29(28)22-13-5-2-6-14-22)30-26-17-9-7-15-24(26)25-16-8-10-18-27(25)30/h1-20H. The van der Waals surface area contributed by atoms with E-state index in [1.807, 2.05) is 0 Å². The summed E-state index contributed by atoms with van der Waals surface area (Å²) < 4.78 is 0. The molecule has 0 heterocycles. The van der Waals surface area contributed by atoms with Gasteiger partial charge in [0.2, 0.25) is 0 Å². The SMILES string of the molecule is C1=C(c2ccccc2)C(c2ccccc2)=CC1=C1c2ccccc2-c2ccccc21. The van der Waals surface area contributed by atoms with Crippen LogP contribution >= 0.6 is 0 Å². The van der Waals surface area contributed by atoms with E-state index >= 15 is 0 Å². The van der Waals surface area contributed by atoms with Gasteiger partial charge >= 0.3 is 0 Å². The maximum Gasteiger partial charge on any atom is -0.00259 e. The van der Waals surface area contributed by atoms with E-state index in [1.165, 1.54) is 55.7 Å². The van der Waals surface area contributed by atoms with Gasteiger partial charge in [-0.3, -0.25) is 0 Å². The fraction of sp³-hybridized carbons (Fsp3) is 0. The van der Waals surface area contributed by atoms with Crippen molar-refractivity contribution in [3.63, 3.8) is 0 Å². The van der Waals surface area contributed by atoms with E-state index in [9.17, 15) is 0 Å². The third kappa shape index (κ3) is 2.62. The Morgan fingerprint density at radius 3 is 1.13 bits per heavy atom. The molecule has 0 atom stereocenters. The van der Waals surface area contributed by atoms with Crippen LogP contribution in [0.1, 0.15) is 22.3 Å². The molecule has 0 aliphatic heterocycles. The minimum Gasteiger partial charge on any atom is -0.0622 e. The van der Waals surface area contributed by atoms with Crippen LogP contribution in [-0.4, -0.2) is 0 Å². The fourth-order valence-corrected chi connectivity index (χ4v) is 4.69. The van der Waals surface area contributed by atoms with Crippen molar-refractivity contribution in [3.05, 3.63) is 149 Å². The summed E-state index contributed by atoms with van der Waals surface area (Å²) in [4.78, 5) is 0. The minimum absolute atomic E-state index is 1.25. The number of hydrogen-bond acceptors (Lipinski definition) is 0. The molecule has 4 aromatic rings. The summed E-state index contributed by atoms with van der Waals surface area (Å²) in [5, 5.41) is 0. The summed E-state index contributed by atoms with van der Waals surface area (Å²) in [7, 11) is 0.